The van der Waals surface area contributed by atoms with Crippen molar-refractivity contribution in [3.8, 4) is 6.07 Å². The molecule has 3 N–H and O–H groups in total. The molecule has 9 nitrogen and oxygen atoms in total. The summed E-state index contributed by atoms with van der Waals surface area (Å²) in [4.78, 5) is 30.9. The first-order valence-corrected chi connectivity index (χ1v) is 13.4. The first-order chi connectivity index (χ1) is 17.4. The van der Waals surface area contributed by atoms with Crippen molar-refractivity contribution >= 4 is 33.2 Å². The Kier molecular flexibility index (Phi) is 7.75. The van der Waals surface area contributed by atoms with Crippen molar-refractivity contribution in [2.24, 2.45) is 17.3 Å². The standard InChI is InChI=1S/C27H35N3O6S/c1-14-11-35-13-27(12-28)22(36-27)9-18(17-6-7-20-19(8-17)29-16(3)37-20)30-23(32)10-21(31)26(4,5)25(34)15(2)24(14)33/h6-8,14-15,18,21-22,24,31,33H,9-11,13H2,1-5H3,(H,30,32)/t14-,15+,18-,21-,22-,24-,27-/m0/s1. The number of carbonyl (C=O) groups is 2. The van der Waals surface area contributed by atoms with Gasteiger partial charge in [-0.1, -0.05) is 33.8 Å². The van der Waals surface area contributed by atoms with Crippen LogP contribution in [0.5, 0.6) is 0 Å². The third-order valence-corrected chi connectivity index (χ3v) is 8.72. The molecular weight excluding hydrogens is 494 g/mol. The van der Waals surface area contributed by atoms with E-state index in [1.807, 2.05) is 25.1 Å². The number of nitrogens with one attached hydrogen (secondary N) is 1. The molecule has 0 unspecified atom stereocenters. The van der Waals surface area contributed by atoms with Gasteiger partial charge in [0, 0.05) is 18.3 Å². The molecule has 2 aliphatic heterocycles. The highest BCUT2D eigenvalue weighted by atomic mass is 32.1. The van der Waals surface area contributed by atoms with Gasteiger partial charge in [-0.25, -0.2) is 4.98 Å². The number of nitrogens with zero attached hydrogens (tertiary/aromatic N) is 2. The van der Waals surface area contributed by atoms with Crippen molar-refractivity contribution in [1.82, 2.24) is 10.3 Å². The number of hydrogen-bond acceptors (Lipinski definition) is 9. The Morgan fingerprint density at radius 1 is 1.24 bits per heavy atom. The lowest BCUT2D eigenvalue weighted by Crippen LogP contribution is -2.47. The van der Waals surface area contributed by atoms with E-state index in [1.54, 1.807) is 39.0 Å². The monoisotopic (exact) mass is 529 g/mol. The number of thiazole rings is 1. The number of nitriles is 1. The first-order valence-electron chi connectivity index (χ1n) is 12.6. The van der Waals surface area contributed by atoms with Crippen LogP contribution < -0.4 is 5.32 Å². The molecule has 10 heteroatoms. The third-order valence-electron chi connectivity index (χ3n) is 7.76. The Bertz CT molecular complexity index is 1220. The number of Topliss-reactive ketones (excluding diaryl/α,β-unsaturated/α-hetero) is 1. The van der Waals surface area contributed by atoms with Gasteiger partial charge in [-0.3, -0.25) is 9.59 Å². The van der Waals surface area contributed by atoms with Gasteiger partial charge in [-0.05, 0) is 24.6 Å². The molecule has 2 aliphatic rings. The van der Waals surface area contributed by atoms with E-state index in [4.69, 9.17) is 9.47 Å². The minimum atomic E-state index is -1.26. The maximum atomic E-state index is 13.2. The predicted octanol–water partition coefficient (Wildman–Crippen LogP) is 2.82. The number of ether oxygens (including phenoxy) is 2. The SMILES string of the molecule is Cc1nc2cc([C@@H]3C[C@@H]4O[C@@]4(C#N)COC[C@H](C)[C@H](O)[C@@H](C)C(=O)C(C)(C)[C@@H](O)CC(=O)N3)ccc2s1. The predicted molar refractivity (Wildman–Crippen MR) is 138 cm³/mol. The summed E-state index contributed by atoms with van der Waals surface area (Å²) in [7, 11) is 0. The number of ketones is 1. The van der Waals surface area contributed by atoms with Crippen LogP contribution in [0.2, 0.25) is 0 Å². The Labute approximate surface area is 220 Å². The van der Waals surface area contributed by atoms with E-state index < -0.39 is 53.1 Å². The summed E-state index contributed by atoms with van der Waals surface area (Å²) in [6, 6.07) is 7.50. The number of rotatable bonds is 1. The number of hydrogen-bond donors (Lipinski definition) is 3. The number of carbonyl (C=O) groups excluding carboxylic acids is 2. The first kappa shape index (κ1) is 27.6. The minimum absolute atomic E-state index is 0.0166. The van der Waals surface area contributed by atoms with Crippen LogP contribution in [0.3, 0.4) is 0 Å². The summed E-state index contributed by atoms with van der Waals surface area (Å²) in [5.74, 6) is -1.94. The molecule has 1 amide bonds. The molecule has 0 spiro atoms. The summed E-state index contributed by atoms with van der Waals surface area (Å²) in [6.07, 6.45) is -2.70. The normalized spacial score (nSPS) is 35.4. The topological polar surface area (TPSA) is 145 Å². The number of amides is 1. The average molecular weight is 530 g/mol. The second-order valence-corrected chi connectivity index (χ2v) is 12.2. The molecular formula is C27H35N3O6S. The van der Waals surface area contributed by atoms with E-state index in [9.17, 15) is 25.1 Å². The Hall–Kier alpha value is -2.42. The number of benzene rings is 1. The highest BCUT2D eigenvalue weighted by Gasteiger charge is 2.58. The van der Waals surface area contributed by atoms with E-state index in [0.29, 0.717) is 6.42 Å². The molecule has 200 valence electrons. The van der Waals surface area contributed by atoms with Crippen molar-refractivity contribution in [3.05, 3.63) is 28.8 Å². The van der Waals surface area contributed by atoms with Gasteiger partial charge in [0.2, 0.25) is 11.5 Å². The number of epoxide rings is 1. The molecule has 1 aromatic carbocycles. The number of aliphatic hydroxyl groups is 2. The summed E-state index contributed by atoms with van der Waals surface area (Å²) in [5.41, 5.74) is -0.765. The van der Waals surface area contributed by atoms with E-state index in [-0.39, 0.29) is 25.4 Å². The van der Waals surface area contributed by atoms with E-state index in [1.165, 1.54) is 0 Å². The zero-order valence-corrected chi connectivity index (χ0v) is 22.7. The smallest absolute Gasteiger partial charge is 0.223 e. The summed E-state index contributed by atoms with van der Waals surface area (Å²) < 4.78 is 12.6. The fourth-order valence-electron chi connectivity index (χ4n) is 5.06. The summed E-state index contributed by atoms with van der Waals surface area (Å²) >= 11 is 1.58. The van der Waals surface area contributed by atoms with Crippen molar-refractivity contribution in [3.63, 3.8) is 0 Å². The highest BCUT2D eigenvalue weighted by molar-refractivity contribution is 7.18. The lowest BCUT2D eigenvalue weighted by Gasteiger charge is -2.34. The van der Waals surface area contributed by atoms with Gasteiger partial charge in [-0.2, -0.15) is 5.26 Å². The maximum absolute atomic E-state index is 13.2. The van der Waals surface area contributed by atoms with Crippen LogP contribution >= 0.6 is 11.3 Å². The van der Waals surface area contributed by atoms with Crippen LogP contribution in [0.1, 0.15) is 57.1 Å². The molecule has 2 saturated heterocycles. The Morgan fingerprint density at radius 2 is 1.97 bits per heavy atom. The van der Waals surface area contributed by atoms with Crippen molar-refractivity contribution in [2.45, 2.75) is 77.4 Å². The molecule has 3 heterocycles. The number of aromatic nitrogens is 1. The lowest BCUT2D eigenvalue weighted by molar-refractivity contribution is -0.143. The van der Waals surface area contributed by atoms with Crippen LogP contribution in [-0.4, -0.2) is 64.0 Å². The van der Waals surface area contributed by atoms with E-state index in [2.05, 4.69) is 16.4 Å². The molecule has 2 fully saturated rings. The minimum Gasteiger partial charge on any atom is -0.392 e. The van der Waals surface area contributed by atoms with Crippen LogP contribution in [-0.2, 0) is 19.1 Å². The van der Waals surface area contributed by atoms with Crippen LogP contribution in [0.4, 0.5) is 0 Å². The molecule has 0 bridgehead atoms. The van der Waals surface area contributed by atoms with E-state index >= 15 is 0 Å². The molecule has 0 saturated carbocycles. The van der Waals surface area contributed by atoms with E-state index in [0.717, 1.165) is 20.8 Å². The van der Waals surface area contributed by atoms with Crippen LogP contribution in [0.15, 0.2) is 18.2 Å². The zero-order valence-electron chi connectivity index (χ0n) is 21.9. The van der Waals surface area contributed by atoms with Gasteiger partial charge >= 0.3 is 0 Å². The fourth-order valence-corrected chi connectivity index (χ4v) is 5.87. The fraction of sp³-hybridized carbons (Fsp3) is 0.630. The maximum Gasteiger partial charge on any atom is 0.223 e. The molecule has 0 radical (unpaired) electrons. The summed E-state index contributed by atoms with van der Waals surface area (Å²) in [6.45, 7) is 8.66. The Balaban J connectivity index is 1.64. The quantitative estimate of drug-likeness (QED) is 0.478. The molecule has 7 atom stereocenters. The van der Waals surface area contributed by atoms with Crippen molar-refractivity contribution < 1.29 is 29.3 Å². The average Bonchev–Trinajstić information content (AvgIpc) is 3.40. The second kappa shape index (κ2) is 10.4. The van der Waals surface area contributed by atoms with Crippen LogP contribution in [0.25, 0.3) is 10.2 Å². The van der Waals surface area contributed by atoms with Gasteiger partial charge in [0.05, 0.1) is 58.5 Å². The highest BCUT2D eigenvalue weighted by Crippen LogP contribution is 2.42. The molecule has 1 aromatic heterocycles. The van der Waals surface area contributed by atoms with Gasteiger partial charge in [0.25, 0.3) is 0 Å². The number of fused-ring (bicyclic) bond motifs is 2. The van der Waals surface area contributed by atoms with Gasteiger partial charge in [-0.15, -0.1) is 11.3 Å². The van der Waals surface area contributed by atoms with Crippen molar-refractivity contribution in [2.75, 3.05) is 13.2 Å². The molecule has 4 rings (SSSR count). The molecule has 2 aromatic rings. The lowest BCUT2D eigenvalue weighted by atomic mass is 9.73. The molecule has 0 aliphatic carbocycles. The zero-order chi connectivity index (χ0) is 27.1. The number of aryl methyl sites for hydroxylation is 1. The number of aliphatic hydroxyl groups excluding tert-OH is 2. The second-order valence-electron chi connectivity index (χ2n) is 11.0. The van der Waals surface area contributed by atoms with Gasteiger partial charge < -0.3 is 25.0 Å². The van der Waals surface area contributed by atoms with Gasteiger partial charge in [0.1, 0.15) is 18.0 Å². The Morgan fingerprint density at radius 3 is 2.68 bits per heavy atom. The third kappa shape index (κ3) is 5.56. The summed E-state index contributed by atoms with van der Waals surface area (Å²) in [5, 5.41) is 35.5. The van der Waals surface area contributed by atoms with Gasteiger partial charge in [0.15, 0.2) is 0 Å². The largest absolute Gasteiger partial charge is 0.392 e. The van der Waals surface area contributed by atoms with Crippen LogP contribution in [0, 0.1) is 35.5 Å². The molecule has 37 heavy (non-hydrogen) atoms. The van der Waals surface area contributed by atoms with Crippen molar-refractivity contribution in [1.29, 1.82) is 5.26 Å².